The first-order valence-electron chi connectivity index (χ1n) is 11.8. The maximum Gasteiger partial charge on any atom is 0.341 e. The minimum absolute atomic E-state index is 0.0715. The summed E-state index contributed by atoms with van der Waals surface area (Å²) in [7, 11) is -0.0543. The molecule has 1 aliphatic rings. The molecule has 0 unspecified atom stereocenters. The Morgan fingerprint density at radius 1 is 1.23 bits per heavy atom. The predicted molar refractivity (Wildman–Crippen MR) is 143 cm³/mol. The van der Waals surface area contributed by atoms with Crippen LogP contribution in [0.2, 0.25) is 19.6 Å². The summed E-state index contributed by atoms with van der Waals surface area (Å²) >= 11 is 1.51. The van der Waals surface area contributed by atoms with Crippen LogP contribution in [0.15, 0.2) is 33.9 Å². The minimum atomic E-state index is -1.70. The Bertz CT molecular complexity index is 1380. The maximum atomic E-state index is 12.7. The molecule has 0 bridgehead atoms. The van der Waals surface area contributed by atoms with Crippen LogP contribution in [-0.4, -0.2) is 44.1 Å². The van der Waals surface area contributed by atoms with Gasteiger partial charge in [-0.25, -0.2) is 9.36 Å². The molecule has 186 valence electrons. The van der Waals surface area contributed by atoms with Gasteiger partial charge in [-0.05, 0) is 35.9 Å². The number of aryl methyl sites for hydroxylation is 1. The van der Waals surface area contributed by atoms with Crippen molar-refractivity contribution in [2.45, 2.75) is 58.0 Å². The molecule has 35 heavy (non-hydrogen) atoms. The second kappa shape index (κ2) is 10.5. The van der Waals surface area contributed by atoms with Gasteiger partial charge >= 0.3 is 5.69 Å². The molecule has 0 amide bonds. The summed E-state index contributed by atoms with van der Waals surface area (Å²) in [6.45, 7) is 10.0. The third-order valence-corrected chi connectivity index (χ3v) is 11.1. The molecule has 1 fully saturated rings. The zero-order chi connectivity index (χ0) is 25.2. The van der Waals surface area contributed by atoms with E-state index in [-0.39, 0.29) is 17.8 Å². The number of H-pyrrole nitrogens is 1. The summed E-state index contributed by atoms with van der Waals surface area (Å²) in [4.78, 5) is 28.4. The van der Waals surface area contributed by atoms with Gasteiger partial charge in [0.1, 0.15) is 10.6 Å². The SMILES string of the molecule is COc1ccccc1[C@@H](CC#Cn1c(=O)[nH]c(=O)c2c(C)c([Si](C)(C)C)sc21)OC1CCOCC1. The van der Waals surface area contributed by atoms with E-state index in [9.17, 15) is 9.59 Å². The summed E-state index contributed by atoms with van der Waals surface area (Å²) in [5.41, 5.74) is 1.01. The van der Waals surface area contributed by atoms with Crippen molar-refractivity contribution in [3.8, 4) is 17.7 Å². The van der Waals surface area contributed by atoms with E-state index in [1.807, 2.05) is 31.2 Å². The van der Waals surface area contributed by atoms with E-state index in [0.29, 0.717) is 29.9 Å². The Morgan fingerprint density at radius 2 is 1.94 bits per heavy atom. The lowest BCUT2D eigenvalue weighted by Gasteiger charge is -2.28. The molecular formula is C26H32N2O5SSi. The number of nitrogens with zero attached hydrogens (tertiary/aromatic N) is 1. The number of para-hydroxylation sites is 1. The van der Waals surface area contributed by atoms with E-state index in [1.165, 1.54) is 20.4 Å². The molecule has 1 atom stereocenters. The Balaban J connectivity index is 1.72. The van der Waals surface area contributed by atoms with Gasteiger partial charge in [-0.1, -0.05) is 43.8 Å². The highest BCUT2D eigenvalue weighted by Crippen LogP contribution is 2.32. The molecule has 3 heterocycles. The number of aromatic nitrogens is 2. The predicted octanol–water partition coefficient (Wildman–Crippen LogP) is 3.75. The van der Waals surface area contributed by atoms with Crippen molar-refractivity contribution in [1.29, 1.82) is 0 Å². The van der Waals surface area contributed by atoms with Crippen LogP contribution in [-0.2, 0) is 9.47 Å². The van der Waals surface area contributed by atoms with Crippen LogP contribution in [0, 0.1) is 18.9 Å². The van der Waals surface area contributed by atoms with Gasteiger partial charge in [0.15, 0.2) is 0 Å². The summed E-state index contributed by atoms with van der Waals surface area (Å²) in [6, 6.07) is 10.8. The van der Waals surface area contributed by atoms with E-state index in [4.69, 9.17) is 14.2 Å². The van der Waals surface area contributed by atoms with Gasteiger partial charge < -0.3 is 14.2 Å². The van der Waals surface area contributed by atoms with Crippen LogP contribution in [0.5, 0.6) is 5.75 Å². The lowest BCUT2D eigenvalue weighted by atomic mass is 10.0. The normalized spacial score (nSPS) is 15.6. The van der Waals surface area contributed by atoms with Gasteiger partial charge in [0.25, 0.3) is 5.56 Å². The molecular weight excluding hydrogens is 480 g/mol. The molecule has 3 aromatic rings. The van der Waals surface area contributed by atoms with Crippen molar-refractivity contribution < 1.29 is 14.2 Å². The Labute approximate surface area is 210 Å². The zero-order valence-electron chi connectivity index (χ0n) is 20.9. The number of ether oxygens (including phenoxy) is 3. The highest BCUT2D eigenvalue weighted by Gasteiger charge is 2.26. The van der Waals surface area contributed by atoms with Gasteiger partial charge in [0.05, 0.1) is 32.8 Å². The first-order valence-corrected chi connectivity index (χ1v) is 16.2. The fourth-order valence-electron chi connectivity index (χ4n) is 4.47. The molecule has 9 heteroatoms. The van der Waals surface area contributed by atoms with Crippen LogP contribution in [0.4, 0.5) is 0 Å². The van der Waals surface area contributed by atoms with Crippen LogP contribution in [0.25, 0.3) is 10.2 Å². The van der Waals surface area contributed by atoms with Crippen molar-refractivity contribution >= 4 is 34.1 Å². The first-order chi connectivity index (χ1) is 16.7. The van der Waals surface area contributed by atoms with Gasteiger partial charge in [-0.2, -0.15) is 0 Å². The molecule has 1 N–H and O–H groups in total. The quantitative estimate of drug-likeness (QED) is 0.402. The number of thiophene rings is 1. The van der Waals surface area contributed by atoms with Crippen LogP contribution in [0.3, 0.4) is 0 Å². The van der Waals surface area contributed by atoms with Crippen molar-refractivity contribution in [2.24, 2.45) is 0 Å². The standard InChI is InChI=1S/C26H32N2O5SSi/c1-17-22-23(29)27-26(30)28(24(22)34-25(17)35(3,4)5)14-8-11-21(33-18-12-15-32-16-13-18)19-9-6-7-10-20(19)31-2/h6-7,9-10,18,21H,11-13,15-16H2,1-5H3,(H,27,29,30)/t21-/m1/s1. The van der Waals surface area contributed by atoms with E-state index in [0.717, 1.165) is 29.7 Å². The van der Waals surface area contributed by atoms with E-state index >= 15 is 0 Å². The number of hydrogen-bond donors (Lipinski definition) is 1. The summed E-state index contributed by atoms with van der Waals surface area (Å²) in [5.74, 6) is 3.90. The monoisotopic (exact) mass is 512 g/mol. The highest BCUT2D eigenvalue weighted by molar-refractivity contribution is 7.31. The number of nitrogens with one attached hydrogen (secondary N) is 1. The molecule has 2 aromatic heterocycles. The second-order valence-electron chi connectivity index (χ2n) is 9.75. The second-order valence-corrected chi connectivity index (χ2v) is 16.1. The lowest BCUT2D eigenvalue weighted by Crippen LogP contribution is -2.36. The third kappa shape index (κ3) is 5.46. The molecule has 1 aliphatic heterocycles. The van der Waals surface area contributed by atoms with Crippen LogP contribution < -0.4 is 20.5 Å². The van der Waals surface area contributed by atoms with Crippen LogP contribution in [0.1, 0.15) is 36.5 Å². The average Bonchev–Trinajstić information content (AvgIpc) is 3.19. The van der Waals surface area contributed by atoms with Gasteiger partial charge in [-0.15, -0.1) is 11.3 Å². The van der Waals surface area contributed by atoms with Gasteiger partial charge in [0.2, 0.25) is 0 Å². The molecule has 0 spiro atoms. The minimum Gasteiger partial charge on any atom is -0.496 e. The Kier molecular flexibility index (Phi) is 7.67. The Morgan fingerprint density at radius 3 is 2.63 bits per heavy atom. The average molecular weight is 513 g/mol. The zero-order valence-corrected chi connectivity index (χ0v) is 22.7. The highest BCUT2D eigenvalue weighted by atomic mass is 32.1. The summed E-state index contributed by atoms with van der Waals surface area (Å²) in [6.07, 6.45) is 1.77. The molecule has 1 saturated heterocycles. The van der Waals surface area contributed by atoms with Crippen LogP contribution >= 0.6 is 11.3 Å². The molecule has 7 nitrogen and oxygen atoms in total. The number of benzene rings is 1. The molecule has 0 radical (unpaired) electrons. The number of fused-ring (bicyclic) bond motifs is 1. The Hall–Kier alpha value is -2.64. The summed E-state index contributed by atoms with van der Waals surface area (Å²) in [5, 5.41) is 0.557. The van der Waals surface area contributed by atoms with Crippen molar-refractivity contribution in [2.75, 3.05) is 20.3 Å². The largest absolute Gasteiger partial charge is 0.496 e. The molecule has 1 aromatic carbocycles. The number of hydrogen-bond acceptors (Lipinski definition) is 6. The fourth-order valence-corrected chi connectivity index (χ4v) is 8.25. The lowest BCUT2D eigenvalue weighted by molar-refractivity contribution is -0.0685. The van der Waals surface area contributed by atoms with E-state index in [2.05, 4.69) is 36.6 Å². The van der Waals surface area contributed by atoms with E-state index in [1.54, 1.807) is 7.11 Å². The maximum absolute atomic E-state index is 12.7. The number of aromatic amines is 1. The fraction of sp³-hybridized carbons (Fsp3) is 0.462. The van der Waals surface area contributed by atoms with Crippen molar-refractivity contribution in [1.82, 2.24) is 9.55 Å². The molecule has 4 rings (SSSR count). The molecule has 0 saturated carbocycles. The summed E-state index contributed by atoms with van der Waals surface area (Å²) < 4.78 is 20.1. The third-order valence-electron chi connectivity index (χ3n) is 6.15. The first kappa shape index (κ1) is 25.4. The van der Waals surface area contributed by atoms with Gasteiger partial charge in [0, 0.05) is 31.2 Å². The topological polar surface area (TPSA) is 82.6 Å². The van der Waals surface area contributed by atoms with E-state index < -0.39 is 13.8 Å². The number of rotatable bonds is 6. The number of methoxy groups -OCH3 is 1. The molecule has 0 aliphatic carbocycles. The van der Waals surface area contributed by atoms with Crippen molar-refractivity contribution in [3.05, 3.63) is 56.2 Å². The smallest absolute Gasteiger partial charge is 0.341 e. The van der Waals surface area contributed by atoms with Gasteiger partial charge in [-0.3, -0.25) is 9.78 Å². The van der Waals surface area contributed by atoms with Crippen molar-refractivity contribution in [3.63, 3.8) is 0 Å².